The molecule has 0 aromatic carbocycles. The van der Waals surface area contributed by atoms with Crippen molar-refractivity contribution in [2.24, 2.45) is 17.8 Å². The molecule has 0 aromatic rings. The van der Waals surface area contributed by atoms with E-state index in [0.29, 0.717) is 18.9 Å². The van der Waals surface area contributed by atoms with Crippen molar-refractivity contribution in [3.63, 3.8) is 0 Å². The highest BCUT2D eigenvalue weighted by molar-refractivity contribution is 5.85. The third-order valence-electron chi connectivity index (χ3n) is 4.15. The van der Waals surface area contributed by atoms with Gasteiger partial charge in [-0.05, 0) is 19.3 Å². The summed E-state index contributed by atoms with van der Waals surface area (Å²) < 4.78 is 5.11. The summed E-state index contributed by atoms with van der Waals surface area (Å²) in [6.07, 6.45) is 3.18. The Labute approximate surface area is 107 Å². The summed E-state index contributed by atoms with van der Waals surface area (Å²) in [7, 11) is 1.67. The molecule has 1 heterocycles. The van der Waals surface area contributed by atoms with Gasteiger partial charge in [-0.3, -0.25) is 9.59 Å². The first-order valence-electron chi connectivity index (χ1n) is 6.64. The van der Waals surface area contributed by atoms with Crippen molar-refractivity contribution in [2.75, 3.05) is 26.8 Å². The Bertz CT molecular complexity index is 331. The fourth-order valence-corrected chi connectivity index (χ4v) is 3.19. The molecule has 18 heavy (non-hydrogen) atoms. The quantitative estimate of drug-likeness (QED) is 0.813. The molecular weight excluding hydrogens is 234 g/mol. The molecule has 2 fully saturated rings. The summed E-state index contributed by atoms with van der Waals surface area (Å²) >= 11 is 0. The summed E-state index contributed by atoms with van der Waals surface area (Å²) in [6, 6.07) is 0. The van der Waals surface area contributed by atoms with E-state index < -0.39 is 11.9 Å². The van der Waals surface area contributed by atoms with Crippen molar-refractivity contribution in [1.29, 1.82) is 0 Å². The molecule has 5 nitrogen and oxygen atoms in total. The first kappa shape index (κ1) is 13.3. The van der Waals surface area contributed by atoms with E-state index in [2.05, 4.69) is 0 Å². The van der Waals surface area contributed by atoms with Crippen molar-refractivity contribution in [1.82, 2.24) is 4.90 Å². The van der Waals surface area contributed by atoms with Gasteiger partial charge in [0.15, 0.2) is 0 Å². The Morgan fingerprint density at radius 2 is 2.00 bits per heavy atom. The van der Waals surface area contributed by atoms with Gasteiger partial charge in [0.05, 0.1) is 18.4 Å². The fourth-order valence-electron chi connectivity index (χ4n) is 3.19. The average Bonchev–Trinajstić information content (AvgIpc) is 2.96. The Morgan fingerprint density at radius 3 is 2.67 bits per heavy atom. The molecule has 0 spiro atoms. The third kappa shape index (κ3) is 2.66. The number of carbonyl (C=O) groups excluding carboxylic acids is 1. The number of rotatable bonds is 4. The van der Waals surface area contributed by atoms with Crippen LogP contribution in [0.1, 0.15) is 25.7 Å². The molecule has 1 amide bonds. The van der Waals surface area contributed by atoms with Crippen molar-refractivity contribution < 1.29 is 19.4 Å². The maximum atomic E-state index is 12.3. The molecule has 0 bridgehead atoms. The van der Waals surface area contributed by atoms with Crippen molar-refractivity contribution in [3.8, 4) is 0 Å². The fraction of sp³-hybridized carbons (Fsp3) is 0.846. The number of hydrogen-bond acceptors (Lipinski definition) is 3. The highest BCUT2D eigenvalue weighted by Gasteiger charge is 2.41. The van der Waals surface area contributed by atoms with Crippen LogP contribution in [0.15, 0.2) is 0 Å². The Balaban J connectivity index is 1.93. The number of likely N-dealkylation sites (tertiary alicyclic amines) is 1. The van der Waals surface area contributed by atoms with Gasteiger partial charge in [0.2, 0.25) is 5.91 Å². The number of carboxylic acids is 1. The topological polar surface area (TPSA) is 66.8 Å². The SMILES string of the molecule is COCC1CCN(C(=O)[C@@H]2CCC[C@@H]2C(=O)O)C1. The Hall–Kier alpha value is -1.10. The standard InChI is InChI=1S/C13H21NO4/c1-18-8-9-5-6-14(7-9)12(15)10-3-2-4-11(10)13(16)17/h9-11H,2-8H2,1H3,(H,16,17)/t9?,10-,11+/m1/s1. The van der Waals surface area contributed by atoms with Gasteiger partial charge in [-0.25, -0.2) is 0 Å². The predicted octanol–water partition coefficient (Wildman–Crippen LogP) is 0.982. The lowest BCUT2D eigenvalue weighted by Crippen LogP contribution is -2.38. The number of ether oxygens (including phenoxy) is 1. The summed E-state index contributed by atoms with van der Waals surface area (Å²) in [6.45, 7) is 2.14. The van der Waals surface area contributed by atoms with Crippen LogP contribution in [-0.2, 0) is 14.3 Å². The maximum absolute atomic E-state index is 12.3. The molecule has 1 unspecified atom stereocenters. The van der Waals surface area contributed by atoms with Gasteiger partial charge >= 0.3 is 5.97 Å². The lowest BCUT2D eigenvalue weighted by atomic mass is 9.95. The van der Waals surface area contributed by atoms with Gasteiger partial charge in [0, 0.05) is 26.1 Å². The van der Waals surface area contributed by atoms with E-state index in [1.54, 1.807) is 7.11 Å². The lowest BCUT2D eigenvalue weighted by molar-refractivity contribution is -0.148. The molecule has 5 heteroatoms. The molecule has 1 aliphatic heterocycles. The third-order valence-corrected chi connectivity index (χ3v) is 4.15. The van der Waals surface area contributed by atoms with Crippen LogP contribution < -0.4 is 0 Å². The van der Waals surface area contributed by atoms with Crippen LogP contribution in [0.2, 0.25) is 0 Å². The zero-order valence-corrected chi connectivity index (χ0v) is 10.8. The summed E-state index contributed by atoms with van der Waals surface area (Å²) in [5.41, 5.74) is 0. The second kappa shape index (κ2) is 5.69. The minimum atomic E-state index is -0.821. The number of carboxylic acid groups (broad SMARTS) is 1. The number of carbonyl (C=O) groups is 2. The molecule has 1 N–H and O–H groups in total. The first-order chi connectivity index (χ1) is 8.63. The van der Waals surface area contributed by atoms with E-state index in [-0.39, 0.29) is 11.8 Å². The summed E-state index contributed by atoms with van der Waals surface area (Å²) in [5.74, 6) is -1.15. The van der Waals surface area contributed by atoms with E-state index in [4.69, 9.17) is 9.84 Å². The van der Waals surface area contributed by atoms with E-state index in [1.165, 1.54) is 0 Å². The highest BCUT2D eigenvalue weighted by Crippen LogP contribution is 2.34. The Kier molecular flexibility index (Phi) is 4.22. The normalized spacial score (nSPS) is 31.8. The largest absolute Gasteiger partial charge is 0.481 e. The van der Waals surface area contributed by atoms with Crippen LogP contribution in [0.25, 0.3) is 0 Å². The maximum Gasteiger partial charge on any atom is 0.307 e. The van der Waals surface area contributed by atoms with Crippen LogP contribution in [0.4, 0.5) is 0 Å². The van der Waals surface area contributed by atoms with Crippen molar-refractivity contribution in [2.45, 2.75) is 25.7 Å². The minimum absolute atomic E-state index is 0.0403. The molecule has 2 aliphatic rings. The Morgan fingerprint density at radius 1 is 1.28 bits per heavy atom. The van der Waals surface area contributed by atoms with Crippen LogP contribution in [0, 0.1) is 17.8 Å². The number of amides is 1. The van der Waals surface area contributed by atoms with Crippen LogP contribution >= 0.6 is 0 Å². The average molecular weight is 255 g/mol. The summed E-state index contributed by atoms with van der Waals surface area (Å²) in [4.78, 5) is 25.3. The van der Waals surface area contributed by atoms with Crippen molar-refractivity contribution >= 4 is 11.9 Å². The van der Waals surface area contributed by atoms with Crippen LogP contribution in [0.3, 0.4) is 0 Å². The molecule has 1 aliphatic carbocycles. The van der Waals surface area contributed by atoms with Crippen molar-refractivity contribution in [3.05, 3.63) is 0 Å². The highest BCUT2D eigenvalue weighted by atomic mass is 16.5. The van der Waals surface area contributed by atoms with Gasteiger partial charge < -0.3 is 14.7 Å². The molecular formula is C13H21NO4. The number of hydrogen-bond donors (Lipinski definition) is 1. The molecule has 0 aromatic heterocycles. The molecule has 0 radical (unpaired) electrons. The van der Waals surface area contributed by atoms with Crippen LogP contribution in [-0.4, -0.2) is 48.7 Å². The van der Waals surface area contributed by atoms with Crippen LogP contribution in [0.5, 0.6) is 0 Å². The van der Waals surface area contributed by atoms with Gasteiger partial charge in [-0.1, -0.05) is 6.42 Å². The van der Waals surface area contributed by atoms with E-state index >= 15 is 0 Å². The smallest absolute Gasteiger partial charge is 0.307 e. The van der Waals surface area contributed by atoms with Gasteiger partial charge in [0.1, 0.15) is 0 Å². The van der Waals surface area contributed by atoms with Gasteiger partial charge in [-0.15, -0.1) is 0 Å². The zero-order valence-electron chi connectivity index (χ0n) is 10.8. The molecule has 102 valence electrons. The molecule has 3 atom stereocenters. The van der Waals surface area contributed by atoms with Gasteiger partial charge in [-0.2, -0.15) is 0 Å². The second-order valence-corrected chi connectivity index (χ2v) is 5.38. The zero-order chi connectivity index (χ0) is 13.1. The van der Waals surface area contributed by atoms with E-state index in [0.717, 1.165) is 32.4 Å². The summed E-state index contributed by atoms with van der Waals surface area (Å²) in [5, 5.41) is 9.12. The van der Waals surface area contributed by atoms with E-state index in [9.17, 15) is 9.59 Å². The number of aliphatic carboxylic acids is 1. The second-order valence-electron chi connectivity index (χ2n) is 5.38. The predicted molar refractivity (Wildman–Crippen MR) is 65.0 cm³/mol. The number of nitrogens with zero attached hydrogens (tertiary/aromatic N) is 1. The van der Waals surface area contributed by atoms with E-state index in [1.807, 2.05) is 4.90 Å². The monoisotopic (exact) mass is 255 g/mol. The minimum Gasteiger partial charge on any atom is -0.481 e. The number of methoxy groups -OCH3 is 1. The molecule has 2 rings (SSSR count). The van der Waals surface area contributed by atoms with Gasteiger partial charge in [0.25, 0.3) is 0 Å². The first-order valence-corrected chi connectivity index (χ1v) is 6.64. The lowest BCUT2D eigenvalue weighted by Gasteiger charge is -2.23. The molecule has 1 saturated carbocycles. The molecule has 1 saturated heterocycles.